The van der Waals surface area contributed by atoms with Gasteiger partial charge in [-0.1, -0.05) is 36.4 Å². The number of aliphatic hydroxyl groups is 1. The minimum Gasteiger partial charge on any atom is -0.392 e. The van der Waals surface area contributed by atoms with Crippen LogP contribution in [-0.2, 0) is 24.4 Å². The zero-order valence-corrected chi connectivity index (χ0v) is 11.7. The van der Waals surface area contributed by atoms with E-state index in [1.54, 1.807) is 24.3 Å². The molecule has 1 atom stereocenters. The van der Waals surface area contributed by atoms with Gasteiger partial charge in [-0.05, 0) is 35.2 Å². The van der Waals surface area contributed by atoms with E-state index in [-0.39, 0.29) is 18.6 Å². The monoisotopic (exact) mass is 282 g/mol. The van der Waals surface area contributed by atoms with Gasteiger partial charge in [0.1, 0.15) is 0 Å². The van der Waals surface area contributed by atoms with E-state index in [4.69, 9.17) is 5.11 Å². The van der Waals surface area contributed by atoms with Gasteiger partial charge < -0.3 is 15.7 Å². The van der Waals surface area contributed by atoms with Gasteiger partial charge in [-0.25, -0.2) is 0 Å². The van der Waals surface area contributed by atoms with Crippen molar-refractivity contribution >= 4 is 11.6 Å². The third-order valence-electron chi connectivity index (χ3n) is 3.80. The normalized spacial score (nSPS) is 17.1. The predicted octanol–water partition coefficient (Wildman–Crippen LogP) is 1.83. The second-order valence-electron chi connectivity index (χ2n) is 5.25. The van der Waals surface area contributed by atoms with Crippen LogP contribution in [-0.4, -0.2) is 17.1 Å². The summed E-state index contributed by atoms with van der Waals surface area (Å²) in [4.78, 5) is 12.3. The number of hydrogen-bond acceptors (Lipinski definition) is 3. The molecule has 1 amide bonds. The summed E-state index contributed by atoms with van der Waals surface area (Å²) in [5.41, 5.74) is 4.07. The van der Waals surface area contributed by atoms with Crippen LogP contribution in [0.1, 0.15) is 16.7 Å². The Kier molecular flexibility index (Phi) is 3.99. The molecule has 0 saturated heterocycles. The molecule has 2 aromatic carbocycles. The third kappa shape index (κ3) is 3.12. The van der Waals surface area contributed by atoms with Crippen LogP contribution >= 0.6 is 0 Å². The fourth-order valence-corrected chi connectivity index (χ4v) is 2.56. The Balaban J connectivity index is 1.66. The van der Waals surface area contributed by atoms with Gasteiger partial charge in [0, 0.05) is 12.2 Å². The molecule has 3 rings (SSSR count). The molecule has 0 aromatic heterocycles. The van der Waals surface area contributed by atoms with Crippen LogP contribution in [0.25, 0.3) is 0 Å². The molecule has 0 radical (unpaired) electrons. The molecule has 108 valence electrons. The van der Waals surface area contributed by atoms with Gasteiger partial charge in [0.2, 0.25) is 5.91 Å². The molecule has 0 bridgehead atoms. The minimum absolute atomic E-state index is 0.00912. The van der Waals surface area contributed by atoms with Crippen molar-refractivity contribution in [3.05, 3.63) is 65.2 Å². The number of carbonyl (C=O) groups excluding carboxylic acids is 1. The van der Waals surface area contributed by atoms with E-state index in [0.29, 0.717) is 6.42 Å². The van der Waals surface area contributed by atoms with Crippen LogP contribution in [0.3, 0.4) is 0 Å². The highest BCUT2D eigenvalue weighted by atomic mass is 16.3. The standard InChI is InChI=1S/C17H18N2O2/c20-11-12-5-7-15(8-6-12)19-17(21)16-9-13-3-1-2-4-14(13)10-18-16/h1-8,16,18,20H,9-11H2,(H,19,21)/t16-/m0/s1. The van der Waals surface area contributed by atoms with Gasteiger partial charge >= 0.3 is 0 Å². The van der Waals surface area contributed by atoms with E-state index in [0.717, 1.165) is 17.8 Å². The van der Waals surface area contributed by atoms with Gasteiger partial charge in [0.25, 0.3) is 0 Å². The van der Waals surface area contributed by atoms with Crippen LogP contribution in [0.2, 0.25) is 0 Å². The fourth-order valence-electron chi connectivity index (χ4n) is 2.56. The van der Waals surface area contributed by atoms with Crippen molar-refractivity contribution in [1.29, 1.82) is 0 Å². The number of benzene rings is 2. The lowest BCUT2D eigenvalue weighted by molar-refractivity contribution is -0.118. The molecule has 0 spiro atoms. The van der Waals surface area contributed by atoms with E-state index in [9.17, 15) is 4.79 Å². The number of hydrogen-bond donors (Lipinski definition) is 3. The number of fused-ring (bicyclic) bond motifs is 1. The molecule has 1 heterocycles. The van der Waals surface area contributed by atoms with Gasteiger partial charge in [0.15, 0.2) is 0 Å². The smallest absolute Gasteiger partial charge is 0.241 e. The van der Waals surface area contributed by atoms with Crippen LogP contribution in [0, 0.1) is 0 Å². The molecule has 0 aliphatic carbocycles. The van der Waals surface area contributed by atoms with Crippen molar-refractivity contribution in [1.82, 2.24) is 5.32 Å². The van der Waals surface area contributed by atoms with Gasteiger partial charge in [-0.3, -0.25) is 4.79 Å². The molecule has 21 heavy (non-hydrogen) atoms. The number of amides is 1. The van der Waals surface area contributed by atoms with Crippen LogP contribution in [0.4, 0.5) is 5.69 Å². The summed E-state index contributed by atoms with van der Waals surface area (Å²) in [6.07, 6.45) is 0.705. The Bertz CT molecular complexity index is 637. The van der Waals surface area contributed by atoms with E-state index in [2.05, 4.69) is 22.8 Å². The third-order valence-corrected chi connectivity index (χ3v) is 3.80. The summed E-state index contributed by atoms with van der Waals surface area (Å²) in [5, 5.41) is 15.2. The summed E-state index contributed by atoms with van der Waals surface area (Å²) in [7, 11) is 0. The number of nitrogens with one attached hydrogen (secondary N) is 2. The molecule has 2 aromatic rings. The Hall–Kier alpha value is -2.17. The second kappa shape index (κ2) is 6.08. The largest absolute Gasteiger partial charge is 0.392 e. The van der Waals surface area contributed by atoms with Crippen molar-refractivity contribution in [2.45, 2.75) is 25.6 Å². The minimum atomic E-state index is -0.211. The molecular weight excluding hydrogens is 264 g/mol. The van der Waals surface area contributed by atoms with Gasteiger partial charge in [-0.2, -0.15) is 0 Å². The van der Waals surface area contributed by atoms with Crippen LogP contribution in [0.15, 0.2) is 48.5 Å². The number of anilines is 1. The predicted molar refractivity (Wildman–Crippen MR) is 81.8 cm³/mol. The molecule has 1 aliphatic rings. The summed E-state index contributed by atoms with van der Waals surface area (Å²) in [6.45, 7) is 0.729. The average Bonchev–Trinajstić information content (AvgIpc) is 2.55. The molecular formula is C17H18N2O2. The lowest BCUT2D eigenvalue weighted by Crippen LogP contribution is -2.44. The Morgan fingerprint density at radius 1 is 1.14 bits per heavy atom. The molecule has 4 heteroatoms. The fraction of sp³-hybridized carbons (Fsp3) is 0.235. The second-order valence-corrected chi connectivity index (χ2v) is 5.25. The van der Waals surface area contributed by atoms with E-state index < -0.39 is 0 Å². The zero-order chi connectivity index (χ0) is 14.7. The maximum absolute atomic E-state index is 12.3. The van der Waals surface area contributed by atoms with Crippen molar-refractivity contribution in [3.63, 3.8) is 0 Å². The highest BCUT2D eigenvalue weighted by Crippen LogP contribution is 2.17. The molecule has 0 unspecified atom stereocenters. The Morgan fingerprint density at radius 2 is 1.86 bits per heavy atom. The maximum Gasteiger partial charge on any atom is 0.241 e. The highest BCUT2D eigenvalue weighted by Gasteiger charge is 2.23. The molecule has 0 fully saturated rings. The zero-order valence-electron chi connectivity index (χ0n) is 11.7. The van der Waals surface area contributed by atoms with E-state index in [1.165, 1.54) is 11.1 Å². The lowest BCUT2D eigenvalue weighted by Gasteiger charge is -2.25. The lowest BCUT2D eigenvalue weighted by atomic mass is 9.95. The maximum atomic E-state index is 12.3. The Labute approximate surface area is 123 Å². The molecule has 1 aliphatic heterocycles. The van der Waals surface area contributed by atoms with Crippen LogP contribution < -0.4 is 10.6 Å². The van der Waals surface area contributed by atoms with Crippen molar-refractivity contribution in [3.8, 4) is 0 Å². The highest BCUT2D eigenvalue weighted by molar-refractivity contribution is 5.95. The van der Waals surface area contributed by atoms with Crippen molar-refractivity contribution < 1.29 is 9.90 Å². The van der Waals surface area contributed by atoms with E-state index in [1.807, 2.05) is 12.1 Å². The first-order valence-corrected chi connectivity index (χ1v) is 7.07. The summed E-state index contributed by atoms with van der Waals surface area (Å²) in [6, 6.07) is 15.2. The van der Waals surface area contributed by atoms with E-state index >= 15 is 0 Å². The van der Waals surface area contributed by atoms with Gasteiger partial charge in [0.05, 0.1) is 12.6 Å². The number of aliphatic hydroxyl groups excluding tert-OH is 1. The first kappa shape index (κ1) is 13.8. The van der Waals surface area contributed by atoms with Gasteiger partial charge in [-0.15, -0.1) is 0 Å². The average molecular weight is 282 g/mol. The first-order chi connectivity index (χ1) is 10.3. The topological polar surface area (TPSA) is 61.4 Å². The molecule has 3 N–H and O–H groups in total. The number of rotatable bonds is 3. The van der Waals surface area contributed by atoms with Crippen molar-refractivity contribution in [2.75, 3.05) is 5.32 Å². The van der Waals surface area contributed by atoms with Crippen LogP contribution in [0.5, 0.6) is 0 Å². The summed E-state index contributed by atoms with van der Waals surface area (Å²) < 4.78 is 0. The first-order valence-electron chi connectivity index (χ1n) is 7.07. The summed E-state index contributed by atoms with van der Waals surface area (Å²) >= 11 is 0. The summed E-state index contributed by atoms with van der Waals surface area (Å²) in [5.74, 6) is -0.0266. The SMILES string of the molecule is O=C(Nc1ccc(CO)cc1)[C@@H]1Cc2ccccc2CN1. The quantitative estimate of drug-likeness (QED) is 0.805. The molecule has 0 saturated carbocycles. The Morgan fingerprint density at radius 3 is 2.57 bits per heavy atom. The van der Waals surface area contributed by atoms with Crippen molar-refractivity contribution in [2.24, 2.45) is 0 Å². The molecule has 4 nitrogen and oxygen atoms in total. The number of carbonyl (C=O) groups is 1.